The molecule has 0 fully saturated rings. The summed E-state index contributed by atoms with van der Waals surface area (Å²) >= 11 is 0. The van der Waals surface area contributed by atoms with Crippen molar-refractivity contribution in [3.63, 3.8) is 0 Å². The van der Waals surface area contributed by atoms with Gasteiger partial charge in [-0.2, -0.15) is 13.2 Å². The van der Waals surface area contributed by atoms with Crippen LogP contribution in [0.4, 0.5) is 24.5 Å². The van der Waals surface area contributed by atoms with Gasteiger partial charge in [0.05, 0.1) is 17.5 Å². The Balaban J connectivity index is 2.36. The lowest BCUT2D eigenvalue weighted by atomic mass is 10.1. The summed E-state index contributed by atoms with van der Waals surface area (Å²) in [6, 6.07) is 9.66. The maximum absolute atomic E-state index is 12.9. The van der Waals surface area contributed by atoms with Gasteiger partial charge in [-0.05, 0) is 43.7 Å². The second-order valence-electron chi connectivity index (χ2n) is 6.39. The molecule has 152 valence electrons. The van der Waals surface area contributed by atoms with Crippen LogP contribution in [0.3, 0.4) is 0 Å². The zero-order valence-electron chi connectivity index (χ0n) is 15.6. The topological polar surface area (TPSA) is 66.5 Å². The van der Waals surface area contributed by atoms with E-state index in [1.165, 1.54) is 12.1 Å². The van der Waals surface area contributed by atoms with Gasteiger partial charge in [0.1, 0.15) is 6.04 Å². The predicted molar refractivity (Wildman–Crippen MR) is 103 cm³/mol. The van der Waals surface area contributed by atoms with E-state index in [0.717, 1.165) is 28.3 Å². The fourth-order valence-corrected chi connectivity index (χ4v) is 3.96. The van der Waals surface area contributed by atoms with Crippen LogP contribution in [0.25, 0.3) is 0 Å². The number of nitrogens with one attached hydrogen (secondary N) is 1. The molecular formula is C19H21F3N2O3S. The summed E-state index contributed by atoms with van der Waals surface area (Å²) in [5, 5.41) is 2.39. The van der Waals surface area contributed by atoms with Crippen molar-refractivity contribution < 1.29 is 26.4 Å². The summed E-state index contributed by atoms with van der Waals surface area (Å²) in [5.41, 5.74) is 0.255. The number of aryl methyl sites for hydroxylation is 1. The molecule has 0 bridgehead atoms. The molecule has 1 N–H and O–H groups in total. The minimum absolute atomic E-state index is 0.0596. The Kier molecular flexibility index (Phi) is 6.38. The first-order valence-corrected chi connectivity index (χ1v) is 10.3. The maximum Gasteiger partial charge on any atom is 0.416 e. The Hall–Kier alpha value is -2.55. The molecular weight excluding hydrogens is 393 g/mol. The average Bonchev–Trinajstić information content (AvgIpc) is 2.59. The second-order valence-corrected chi connectivity index (χ2v) is 8.25. The van der Waals surface area contributed by atoms with E-state index in [-0.39, 0.29) is 12.1 Å². The minimum atomic E-state index is -4.55. The lowest BCUT2D eigenvalue weighted by molar-refractivity contribution is -0.137. The van der Waals surface area contributed by atoms with E-state index in [1.807, 2.05) is 6.92 Å². The van der Waals surface area contributed by atoms with E-state index in [0.29, 0.717) is 5.69 Å². The molecule has 1 amide bonds. The molecule has 0 spiro atoms. The Morgan fingerprint density at radius 2 is 1.75 bits per heavy atom. The molecule has 0 aliphatic heterocycles. The molecule has 2 aromatic rings. The minimum Gasteiger partial charge on any atom is -0.324 e. The summed E-state index contributed by atoms with van der Waals surface area (Å²) in [7, 11) is -3.82. The van der Waals surface area contributed by atoms with Crippen molar-refractivity contribution in [1.82, 2.24) is 0 Å². The standard InChI is InChI=1S/C19H21F3N2O3S/c1-4-17(24(28(3,26)27)16-10-8-13(2)9-11-16)18(25)23-15-7-5-6-14(12-15)19(20,21)22/h5-12,17H,4H2,1-3H3,(H,23,25). The van der Waals surface area contributed by atoms with E-state index in [2.05, 4.69) is 5.32 Å². The summed E-state index contributed by atoms with van der Waals surface area (Å²) in [6.07, 6.45) is -3.44. The third-order valence-electron chi connectivity index (χ3n) is 4.08. The van der Waals surface area contributed by atoms with Crippen molar-refractivity contribution in [3.05, 3.63) is 59.7 Å². The Labute approximate surface area is 162 Å². The van der Waals surface area contributed by atoms with Gasteiger partial charge in [-0.1, -0.05) is 30.7 Å². The Morgan fingerprint density at radius 3 is 2.25 bits per heavy atom. The number of nitrogens with zero attached hydrogens (tertiary/aromatic N) is 1. The lowest BCUT2D eigenvalue weighted by Gasteiger charge is -2.30. The number of benzene rings is 2. The van der Waals surface area contributed by atoms with Crippen molar-refractivity contribution in [3.8, 4) is 0 Å². The van der Waals surface area contributed by atoms with E-state index in [4.69, 9.17) is 0 Å². The molecule has 2 rings (SSSR count). The lowest BCUT2D eigenvalue weighted by Crippen LogP contribution is -2.47. The second kappa shape index (κ2) is 8.22. The number of carbonyl (C=O) groups excluding carboxylic acids is 1. The van der Waals surface area contributed by atoms with Crippen LogP contribution in [0.15, 0.2) is 48.5 Å². The number of anilines is 2. The molecule has 5 nitrogen and oxygen atoms in total. The fourth-order valence-electron chi connectivity index (χ4n) is 2.75. The van der Waals surface area contributed by atoms with Gasteiger partial charge in [0.25, 0.3) is 0 Å². The van der Waals surface area contributed by atoms with Crippen molar-refractivity contribution in [2.75, 3.05) is 15.9 Å². The van der Waals surface area contributed by atoms with Crippen LogP contribution in [0.2, 0.25) is 0 Å². The smallest absolute Gasteiger partial charge is 0.324 e. The first kappa shape index (κ1) is 21.7. The molecule has 28 heavy (non-hydrogen) atoms. The third-order valence-corrected chi connectivity index (χ3v) is 5.26. The highest BCUT2D eigenvalue weighted by Gasteiger charge is 2.33. The number of alkyl halides is 3. The number of carbonyl (C=O) groups is 1. The molecule has 9 heteroatoms. The molecule has 0 heterocycles. The summed E-state index contributed by atoms with van der Waals surface area (Å²) in [6.45, 7) is 3.47. The fraction of sp³-hybridized carbons (Fsp3) is 0.316. The van der Waals surface area contributed by atoms with Gasteiger partial charge in [0.15, 0.2) is 0 Å². The largest absolute Gasteiger partial charge is 0.416 e. The van der Waals surface area contributed by atoms with E-state index >= 15 is 0 Å². The monoisotopic (exact) mass is 414 g/mol. The average molecular weight is 414 g/mol. The molecule has 1 atom stereocenters. The molecule has 0 aliphatic carbocycles. The zero-order chi connectivity index (χ0) is 21.1. The van der Waals surface area contributed by atoms with Gasteiger partial charge in [0.2, 0.25) is 15.9 Å². The number of halogens is 3. The highest BCUT2D eigenvalue weighted by atomic mass is 32.2. The SMILES string of the molecule is CCC(C(=O)Nc1cccc(C(F)(F)F)c1)N(c1ccc(C)cc1)S(C)(=O)=O. The maximum atomic E-state index is 12.9. The van der Waals surface area contributed by atoms with Crippen molar-refractivity contribution in [2.24, 2.45) is 0 Å². The molecule has 0 radical (unpaired) electrons. The first-order valence-electron chi connectivity index (χ1n) is 8.47. The van der Waals surface area contributed by atoms with Gasteiger partial charge in [-0.25, -0.2) is 8.42 Å². The van der Waals surface area contributed by atoms with Crippen LogP contribution >= 0.6 is 0 Å². The van der Waals surface area contributed by atoms with Gasteiger partial charge in [-0.3, -0.25) is 9.10 Å². The molecule has 0 aromatic heterocycles. The number of hydrogen-bond donors (Lipinski definition) is 1. The van der Waals surface area contributed by atoms with Crippen molar-refractivity contribution in [2.45, 2.75) is 32.5 Å². The van der Waals surface area contributed by atoms with Crippen LogP contribution in [0.5, 0.6) is 0 Å². The number of amides is 1. The summed E-state index contributed by atoms with van der Waals surface area (Å²) in [4.78, 5) is 12.7. The molecule has 0 aliphatic rings. The van der Waals surface area contributed by atoms with E-state index in [1.54, 1.807) is 31.2 Å². The normalized spacial score (nSPS) is 13.1. The van der Waals surface area contributed by atoms with Crippen LogP contribution in [0.1, 0.15) is 24.5 Å². The van der Waals surface area contributed by atoms with Crippen LogP contribution < -0.4 is 9.62 Å². The van der Waals surface area contributed by atoms with Crippen LogP contribution in [0, 0.1) is 6.92 Å². The Bertz CT molecular complexity index is 942. The quantitative estimate of drug-likeness (QED) is 0.771. The zero-order valence-corrected chi connectivity index (χ0v) is 16.4. The highest BCUT2D eigenvalue weighted by molar-refractivity contribution is 7.92. The van der Waals surface area contributed by atoms with Gasteiger partial charge >= 0.3 is 6.18 Å². The van der Waals surface area contributed by atoms with Crippen LogP contribution in [-0.4, -0.2) is 26.6 Å². The molecule has 1 unspecified atom stereocenters. The van der Waals surface area contributed by atoms with E-state index < -0.39 is 33.7 Å². The first-order chi connectivity index (χ1) is 12.9. The van der Waals surface area contributed by atoms with E-state index in [9.17, 15) is 26.4 Å². The highest BCUT2D eigenvalue weighted by Crippen LogP contribution is 2.31. The number of rotatable bonds is 6. The third kappa shape index (κ3) is 5.25. The summed E-state index contributed by atoms with van der Waals surface area (Å²) in [5.74, 6) is -0.715. The van der Waals surface area contributed by atoms with Gasteiger partial charge in [-0.15, -0.1) is 0 Å². The molecule has 2 aromatic carbocycles. The summed E-state index contributed by atoms with van der Waals surface area (Å²) < 4.78 is 64.3. The predicted octanol–water partition coefficient (Wildman–Crippen LogP) is 4.20. The van der Waals surface area contributed by atoms with Gasteiger partial charge in [0, 0.05) is 5.69 Å². The van der Waals surface area contributed by atoms with Crippen molar-refractivity contribution in [1.29, 1.82) is 0 Å². The van der Waals surface area contributed by atoms with Gasteiger partial charge < -0.3 is 5.32 Å². The molecule has 0 saturated heterocycles. The molecule has 0 saturated carbocycles. The van der Waals surface area contributed by atoms with Crippen molar-refractivity contribution >= 4 is 27.3 Å². The number of sulfonamides is 1. The Morgan fingerprint density at radius 1 is 1.14 bits per heavy atom. The van der Waals surface area contributed by atoms with Crippen LogP contribution in [-0.2, 0) is 21.0 Å². The number of hydrogen-bond acceptors (Lipinski definition) is 3.